The Hall–Kier alpha value is 0.180. The molecule has 1 aliphatic heterocycles. The van der Waals surface area contributed by atoms with E-state index in [4.69, 9.17) is 0 Å². The van der Waals surface area contributed by atoms with Crippen LogP contribution in [0.2, 0.25) is 0 Å². The normalized spacial score (nSPS) is 26.6. The van der Waals surface area contributed by atoms with Gasteiger partial charge in [0.15, 0.2) is 0 Å². The lowest BCUT2D eigenvalue weighted by atomic mass is 9.86. The zero-order valence-electron chi connectivity index (χ0n) is 11.4. The van der Waals surface area contributed by atoms with E-state index < -0.39 is 21.1 Å². The number of thioether (sulfide) groups is 3. The number of ketones is 1. The lowest BCUT2D eigenvalue weighted by Gasteiger charge is -2.42. The van der Waals surface area contributed by atoms with Crippen molar-refractivity contribution in [2.24, 2.45) is 5.92 Å². The summed E-state index contributed by atoms with van der Waals surface area (Å²) in [7, 11) is 0. The van der Waals surface area contributed by atoms with Gasteiger partial charge in [-0.2, -0.15) is 13.2 Å². The summed E-state index contributed by atoms with van der Waals surface area (Å²) in [6, 6.07) is 0. The first-order valence-corrected chi connectivity index (χ1v) is 9.83. The van der Waals surface area contributed by atoms with Crippen LogP contribution in [0.3, 0.4) is 0 Å². The molecule has 2 aliphatic rings. The molecular formula is C13H17F3O2S3. The maximum atomic E-state index is 12.5. The van der Waals surface area contributed by atoms with Gasteiger partial charge in [0.25, 0.3) is 0 Å². The molecule has 0 aromatic heterocycles. The second-order valence-electron chi connectivity index (χ2n) is 5.24. The van der Waals surface area contributed by atoms with Gasteiger partial charge in [-0.15, -0.1) is 23.5 Å². The average Bonchev–Trinajstić information content (AvgIpc) is 2.44. The van der Waals surface area contributed by atoms with Gasteiger partial charge in [0.2, 0.25) is 5.12 Å². The fourth-order valence-electron chi connectivity index (χ4n) is 2.67. The summed E-state index contributed by atoms with van der Waals surface area (Å²) < 4.78 is 36.3. The van der Waals surface area contributed by atoms with Gasteiger partial charge in [0.05, 0.1) is 5.75 Å². The first-order chi connectivity index (χ1) is 9.83. The summed E-state index contributed by atoms with van der Waals surface area (Å²) in [5.74, 6) is 0.412. The topological polar surface area (TPSA) is 34.1 Å². The summed E-state index contributed by atoms with van der Waals surface area (Å²) in [6.45, 7) is 0. The van der Waals surface area contributed by atoms with Crippen molar-refractivity contribution in [2.45, 2.75) is 42.4 Å². The van der Waals surface area contributed by atoms with Gasteiger partial charge >= 0.3 is 6.18 Å². The molecule has 120 valence electrons. The molecule has 21 heavy (non-hydrogen) atoms. The summed E-state index contributed by atoms with van der Waals surface area (Å²) in [4.78, 5) is 24.2. The Morgan fingerprint density at radius 1 is 1.29 bits per heavy atom. The van der Waals surface area contributed by atoms with E-state index in [-0.39, 0.29) is 11.7 Å². The van der Waals surface area contributed by atoms with Gasteiger partial charge in [-0.1, -0.05) is 11.8 Å². The summed E-state index contributed by atoms with van der Waals surface area (Å²) in [5.41, 5.74) is 0. The van der Waals surface area contributed by atoms with Crippen LogP contribution in [-0.4, -0.2) is 38.4 Å². The second-order valence-corrected chi connectivity index (χ2v) is 9.13. The molecule has 1 aliphatic carbocycles. The lowest BCUT2D eigenvalue weighted by Crippen LogP contribution is -2.43. The quantitative estimate of drug-likeness (QED) is 0.758. The molecule has 2 fully saturated rings. The minimum absolute atomic E-state index is 0.123. The van der Waals surface area contributed by atoms with Crippen molar-refractivity contribution in [3.63, 3.8) is 0 Å². The van der Waals surface area contributed by atoms with Crippen molar-refractivity contribution in [2.75, 3.05) is 17.3 Å². The molecule has 0 aromatic carbocycles. The highest BCUT2D eigenvalue weighted by molar-refractivity contribution is 8.25. The minimum Gasteiger partial charge on any atom is -0.300 e. The first kappa shape index (κ1) is 17.5. The van der Waals surface area contributed by atoms with Gasteiger partial charge in [0, 0.05) is 12.8 Å². The Morgan fingerprint density at radius 2 is 1.95 bits per heavy atom. The molecule has 8 heteroatoms. The molecule has 2 nitrogen and oxygen atoms in total. The molecule has 0 bridgehead atoms. The second kappa shape index (κ2) is 7.17. The van der Waals surface area contributed by atoms with E-state index in [1.807, 2.05) is 0 Å². The van der Waals surface area contributed by atoms with Gasteiger partial charge < -0.3 is 0 Å². The molecule has 2 rings (SSSR count). The summed E-state index contributed by atoms with van der Waals surface area (Å²) >= 11 is 3.27. The van der Waals surface area contributed by atoms with Crippen LogP contribution in [-0.2, 0) is 9.59 Å². The molecule has 1 heterocycles. The molecule has 0 aromatic rings. The van der Waals surface area contributed by atoms with Crippen LogP contribution in [0.25, 0.3) is 0 Å². The first-order valence-electron chi connectivity index (χ1n) is 6.87. The number of halogens is 3. The number of alkyl halides is 3. The molecule has 0 radical (unpaired) electrons. The highest BCUT2D eigenvalue weighted by atomic mass is 32.2. The van der Waals surface area contributed by atoms with E-state index in [0.29, 0.717) is 24.6 Å². The van der Waals surface area contributed by atoms with Gasteiger partial charge in [-0.3, -0.25) is 9.59 Å². The Labute approximate surface area is 134 Å². The molecule has 0 spiro atoms. The Morgan fingerprint density at radius 3 is 2.52 bits per heavy atom. The Kier molecular flexibility index (Phi) is 5.99. The third-order valence-electron chi connectivity index (χ3n) is 3.59. The van der Waals surface area contributed by atoms with E-state index in [1.165, 1.54) is 23.5 Å². The predicted molar refractivity (Wildman–Crippen MR) is 82.7 cm³/mol. The van der Waals surface area contributed by atoms with E-state index in [9.17, 15) is 22.8 Å². The number of hydrogen-bond donors (Lipinski definition) is 0. The van der Waals surface area contributed by atoms with Crippen molar-refractivity contribution in [3.8, 4) is 0 Å². The van der Waals surface area contributed by atoms with Crippen molar-refractivity contribution < 1.29 is 22.8 Å². The maximum absolute atomic E-state index is 12.5. The average molecular weight is 358 g/mol. The van der Waals surface area contributed by atoms with E-state index in [0.717, 1.165) is 30.8 Å². The SMILES string of the molecule is O=C1CCCC(C2(C(=O)SCC(F)(F)F)SCCCS2)C1. The largest absolute Gasteiger partial charge is 0.398 e. The van der Waals surface area contributed by atoms with Crippen LogP contribution in [0.1, 0.15) is 32.1 Å². The lowest BCUT2D eigenvalue weighted by molar-refractivity contribution is -0.122. The standard InChI is InChI=1S/C13H17F3O2S3/c14-12(15,16)8-19-11(18)13(20-5-2-6-21-13)9-3-1-4-10(17)7-9/h9H,1-8H2. The number of rotatable bonds is 3. The number of carbonyl (C=O) groups excluding carboxylic acids is 2. The van der Waals surface area contributed by atoms with Gasteiger partial charge in [0.1, 0.15) is 9.86 Å². The smallest absolute Gasteiger partial charge is 0.300 e. The van der Waals surface area contributed by atoms with Gasteiger partial charge in [-0.25, -0.2) is 0 Å². The Balaban J connectivity index is 2.12. The van der Waals surface area contributed by atoms with Crippen molar-refractivity contribution >= 4 is 46.2 Å². The zero-order valence-corrected chi connectivity index (χ0v) is 13.9. The highest BCUT2D eigenvalue weighted by Gasteiger charge is 2.49. The van der Waals surface area contributed by atoms with Crippen molar-refractivity contribution in [3.05, 3.63) is 0 Å². The van der Waals surface area contributed by atoms with Crippen LogP contribution in [0, 0.1) is 5.92 Å². The molecular weight excluding hydrogens is 341 g/mol. The molecule has 1 unspecified atom stereocenters. The molecule has 0 N–H and O–H groups in total. The van der Waals surface area contributed by atoms with Crippen LogP contribution in [0.5, 0.6) is 0 Å². The van der Waals surface area contributed by atoms with Crippen LogP contribution in [0.15, 0.2) is 0 Å². The molecule has 1 saturated heterocycles. The number of hydrogen-bond acceptors (Lipinski definition) is 5. The fourth-order valence-corrected chi connectivity index (χ4v) is 7.34. The monoisotopic (exact) mass is 358 g/mol. The van der Waals surface area contributed by atoms with Crippen molar-refractivity contribution in [1.29, 1.82) is 0 Å². The number of carbonyl (C=O) groups is 2. The van der Waals surface area contributed by atoms with Crippen LogP contribution < -0.4 is 0 Å². The van der Waals surface area contributed by atoms with E-state index >= 15 is 0 Å². The highest BCUT2D eigenvalue weighted by Crippen LogP contribution is 2.54. The van der Waals surface area contributed by atoms with E-state index in [2.05, 4.69) is 0 Å². The number of Topliss-reactive ketones (excluding diaryl/α,β-unsaturated/α-hetero) is 1. The third kappa shape index (κ3) is 4.58. The van der Waals surface area contributed by atoms with Crippen LogP contribution >= 0.6 is 35.3 Å². The predicted octanol–water partition coefficient (Wildman–Crippen LogP) is 4.13. The summed E-state index contributed by atoms with van der Waals surface area (Å²) in [6.07, 6.45) is -1.03. The maximum Gasteiger partial charge on any atom is 0.398 e. The zero-order chi connectivity index (χ0) is 15.5. The fraction of sp³-hybridized carbons (Fsp3) is 0.846. The Bertz CT molecular complexity index is 406. The van der Waals surface area contributed by atoms with Gasteiger partial charge in [-0.05, 0) is 36.7 Å². The third-order valence-corrected chi connectivity index (χ3v) is 8.49. The minimum atomic E-state index is -4.34. The van der Waals surface area contributed by atoms with Crippen molar-refractivity contribution in [1.82, 2.24) is 0 Å². The molecule has 1 saturated carbocycles. The molecule has 0 amide bonds. The molecule has 1 atom stereocenters. The summed E-state index contributed by atoms with van der Waals surface area (Å²) in [5, 5.41) is -0.408. The van der Waals surface area contributed by atoms with Crippen LogP contribution in [0.4, 0.5) is 13.2 Å². The van der Waals surface area contributed by atoms with E-state index in [1.54, 1.807) is 0 Å².